The van der Waals surface area contributed by atoms with Gasteiger partial charge in [-0.1, -0.05) is 33.1 Å². The van der Waals surface area contributed by atoms with E-state index in [1.807, 2.05) is 13.8 Å². The number of carbonyl (C=O) groups is 2. The van der Waals surface area contributed by atoms with Crippen LogP contribution in [-0.4, -0.2) is 17.4 Å². The second-order valence-corrected chi connectivity index (χ2v) is 6.89. The minimum absolute atomic E-state index is 0.0000905. The molecule has 0 bridgehead atoms. The Morgan fingerprint density at radius 1 is 1.04 bits per heavy atom. The summed E-state index contributed by atoms with van der Waals surface area (Å²) >= 11 is 0. The third kappa shape index (κ3) is 5.06. The summed E-state index contributed by atoms with van der Waals surface area (Å²) in [5, 5.41) is 5.74. The van der Waals surface area contributed by atoms with Gasteiger partial charge in [0.05, 0.1) is 5.54 Å². The molecule has 0 heterocycles. The summed E-state index contributed by atoms with van der Waals surface area (Å²) in [6.45, 7) is 4.01. The van der Waals surface area contributed by atoms with Gasteiger partial charge in [0.25, 0.3) is 0 Å². The molecule has 1 fully saturated rings. The molecule has 0 radical (unpaired) electrons. The van der Waals surface area contributed by atoms with Crippen molar-refractivity contribution in [1.29, 1.82) is 0 Å². The zero-order chi connectivity index (χ0) is 16.9. The van der Waals surface area contributed by atoms with Crippen molar-refractivity contribution in [3.63, 3.8) is 0 Å². The van der Waals surface area contributed by atoms with Gasteiger partial charge in [-0.2, -0.15) is 0 Å². The van der Waals surface area contributed by atoms with Gasteiger partial charge in [0, 0.05) is 17.8 Å². The summed E-state index contributed by atoms with van der Waals surface area (Å²) in [6, 6.07) is 7.15. The van der Waals surface area contributed by atoms with Gasteiger partial charge < -0.3 is 16.4 Å². The van der Waals surface area contributed by atoms with Crippen molar-refractivity contribution in [3.05, 3.63) is 24.3 Å². The molecule has 0 saturated heterocycles. The number of carbonyl (C=O) groups excluding carboxylic acids is 2. The highest BCUT2D eigenvalue weighted by Gasteiger charge is 2.35. The van der Waals surface area contributed by atoms with Crippen molar-refractivity contribution in [2.24, 2.45) is 11.7 Å². The molecule has 2 rings (SSSR count). The van der Waals surface area contributed by atoms with E-state index >= 15 is 0 Å². The number of nitrogens with two attached hydrogens (primary N) is 1. The van der Waals surface area contributed by atoms with Crippen LogP contribution < -0.4 is 16.4 Å². The van der Waals surface area contributed by atoms with Crippen LogP contribution >= 0.6 is 0 Å². The third-order valence-corrected chi connectivity index (χ3v) is 4.22. The van der Waals surface area contributed by atoms with Crippen LogP contribution in [0, 0.1) is 5.92 Å². The quantitative estimate of drug-likeness (QED) is 0.779. The molecule has 2 amide bonds. The van der Waals surface area contributed by atoms with Crippen molar-refractivity contribution >= 4 is 23.2 Å². The van der Waals surface area contributed by atoms with Crippen molar-refractivity contribution in [1.82, 2.24) is 0 Å². The van der Waals surface area contributed by atoms with Crippen LogP contribution in [-0.2, 0) is 9.59 Å². The van der Waals surface area contributed by atoms with Crippen LogP contribution in [0.4, 0.5) is 11.4 Å². The molecule has 5 heteroatoms. The largest absolute Gasteiger partial charge is 0.326 e. The first-order valence-electron chi connectivity index (χ1n) is 8.39. The Morgan fingerprint density at radius 3 is 2.09 bits per heavy atom. The maximum absolute atomic E-state index is 12.4. The van der Waals surface area contributed by atoms with Gasteiger partial charge in [-0.15, -0.1) is 0 Å². The smallest absolute Gasteiger partial charge is 0.244 e. The van der Waals surface area contributed by atoms with Crippen molar-refractivity contribution in [3.8, 4) is 0 Å². The molecule has 126 valence electrons. The standard InChI is InChI=1S/C18H27N3O2/c1-13(2)12-16(22)20-14-6-8-15(9-7-14)21-17(23)18(19)10-4-3-5-11-18/h6-9,13H,3-5,10-12,19H2,1-2H3,(H,20,22)(H,21,23). The Hall–Kier alpha value is -1.88. The minimum Gasteiger partial charge on any atom is -0.326 e. The lowest BCUT2D eigenvalue weighted by molar-refractivity contribution is -0.122. The second-order valence-electron chi connectivity index (χ2n) is 6.89. The number of nitrogens with one attached hydrogen (secondary N) is 2. The number of anilines is 2. The van der Waals surface area contributed by atoms with Gasteiger partial charge in [0.15, 0.2) is 0 Å². The Morgan fingerprint density at radius 2 is 1.57 bits per heavy atom. The Balaban J connectivity index is 1.92. The average Bonchev–Trinajstić information content (AvgIpc) is 2.49. The predicted molar refractivity (Wildman–Crippen MR) is 93.2 cm³/mol. The van der Waals surface area contributed by atoms with Crippen LogP contribution in [0.3, 0.4) is 0 Å². The normalized spacial score (nSPS) is 16.9. The lowest BCUT2D eigenvalue weighted by Gasteiger charge is -2.31. The van der Waals surface area contributed by atoms with Gasteiger partial charge >= 0.3 is 0 Å². The summed E-state index contributed by atoms with van der Waals surface area (Å²) in [7, 11) is 0. The third-order valence-electron chi connectivity index (χ3n) is 4.22. The summed E-state index contributed by atoms with van der Waals surface area (Å²) in [6.07, 6.45) is 5.13. The molecular formula is C18H27N3O2. The van der Waals surface area contributed by atoms with Crippen molar-refractivity contribution in [2.75, 3.05) is 10.6 Å². The molecule has 0 unspecified atom stereocenters. The molecule has 23 heavy (non-hydrogen) atoms. The lowest BCUT2D eigenvalue weighted by atomic mass is 9.82. The van der Waals surface area contributed by atoms with E-state index in [1.54, 1.807) is 24.3 Å². The second kappa shape index (κ2) is 7.59. The first-order valence-corrected chi connectivity index (χ1v) is 8.39. The molecule has 0 aromatic heterocycles. The number of benzene rings is 1. The van der Waals surface area contributed by atoms with Crippen LogP contribution in [0.15, 0.2) is 24.3 Å². The number of rotatable bonds is 5. The van der Waals surface area contributed by atoms with E-state index in [9.17, 15) is 9.59 Å². The Kier molecular flexibility index (Phi) is 5.77. The Bertz CT molecular complexity index is 546. The predicted octanol–water partition coefficient (Wildman–Crippen LogP) is 3.27. The van der Waals surface area contributed by atoms with E-state index in [0.29, 0.717) is 18.0 Å². The first kappa shape index (κ1) is 17.5. The van der Waals surface area contributed by atoms with Gasteiger partial charge in [-0.3, -0.25) is 9.59 Å². The SMILES string of the molecule is CC(C)CC(=O)Nc1ccc(NC(=O)C2(N)CCCCC2)cc1. The fourth-order valence-electron chi connectivity index (χ4n) is 2.89. The molecule has 0 aliphatic heterocycles. The van der Waals surface area contributed by atoms with E-state index in [2.05, 4.69) is 10.6 Å². The summed E-state index contributed by atoms with van der Waals surface area (Å²) in [4.78, 5) is 24.1. The minimum atomic E-state index is -0.748. The molecule has 0 spiro atoms. The molecule has 1 aromatic carbocycles. The summed E-state index contributed by atoms with van der Waals surface area (Å²) < 4.78 is 0. The molecule has 1 aliphatic carbocycles. The molecular weight excluding hydrogens is 290 g/mol. The molecule has 4 N–H and O–H groups in total. The molecule has 1 aliphatic rings. The maximum atomic E-state index is 12.4. The molecule has 1 saturated carbocycles. The average molecular weight is 317 g/mol. The monoisotopic (exact) mass is 317 g/mol. The topological polar surface area (TPSA) is 84.2 Å². The fraction of sp³-hybridized carbons (Fsp3) is 0.556. The van der Waals surface area contributed by atoms with E-state index in [0.717, 1.165) is 37.8 Å². The summed E-state index contributed by atoms with van der Waals surface area (Å²) in [5.74, 6) is 0.207. The number of hydrogen-bond acceptors (Lipinski definition) is 3. The van der Waals surface area contributed by atoms with Gasteiger partial charge in [-0.05, 0) is 43.0 Å². The zero-order valence-corrected chi connectivity index (χ0v) is 14.0. The van der Waals surface area contributed by atoms with E-state index in [1.165, 1.54) is 0 Å². The van der Waals surface area contributed by atoms with Gasteiger partial charge in [0.1, 0.15) is 0 Å². The first-order chi connectivity index (χ1) is 10.9. The van der Waals surface area contributed by atoms with Gasteiger partial charge in [-0.25, -0.2) is 0 Å². The highest BCUT2D eigenvalue weighted by Crippen LogP contribution is 2.27. The molecule has 1 aromatic rings. The van der Waals surface area contributed by atoms with Crippen LogP contribution in [0.5, 0.6) is 0 Å². The molecule has 0 atom stereocenters. The highest BCUT2D eigenvalue weighted by molar-refractivity contribution is 5.98. The van der Waals surface area contributed by atoms with Crippen LogP contribution in [0.1, 0.15) is 52.4 Å². The maximum Gasteiger partial charge on any atom is 0.244 e. The van der Waals surface area contributed by atoms with E-state index < -0.39 is 5.54 Å². The summed E-state index contributed by atoms with van der Waals surface area (Å²) in [5.41, 5.74) is 6.91. The Labute approximate surface area is 138 Å². The lowest BCUT2D eigenvalue weighted by Crippen LogP contribution is -2.52. The van der Waals surface area contributed by atoms with Gasteiger partial charge in [0.2, 0.25) is 11.8 Å². The van der Waals surface area contributed by atoms with Crippen molar-refractivity contribution in [2.45, 2.75) is 57.9 Å². The van der Waals surface area contributed by atoms with E-state index in [-0.39, 0.29) is 11.8 Å². The number of hydrogen-bond donors (Lipinski definition) is 3. The molecule has 5 nitrogen and oxygen atoms in total. The van der Waals surface area contributed by atoms with E-state index in [4.69, 9.17) is 5.73 Å². The van der Waals surface area contributed by atoms with Crippen molar-refractivity contribution < 1.29 is 9.59 Å². The fourth-order valence-corrected chi connectivity index (χ4v) is 2.89. The van der Waals surface area contributed by atoms with Crippen LogP contribution in [0.25, 0.3) is 0 Å². The number of amides is 2. The highest BCUT2D eigenvalue weighted by atomic mass is 16.2. The zero-order valence-electron chi connectivity index (χ0n) is 14.0. The van der Waals surface area contributed by atoms with Crippen LogP contribution in [0.2, 0.25) is 0 Å².